The Labute approximate surface area is 156 Å². The molecule has 0 radical (unpaired) electrons. The molecule has 0 aromatic rings. The van der Waals surface area contributed by atoms with Crippen molar-refractivity contribution < 1.29 is 29.4 Å². The van der Waals surface area contributed by atoms with Crippen LogP contribution >= 0.6 is 0 Å². The van der Waals surface area contributed by atoms with Crippen LogP contribution in [0.1, 0.15) is 54.9 Å². The second-order valence-corrected chi connectivity index (χ2v) is 4.65. The minimum Gasteiger partial charge on any atom is -0.481 e. The average Bonchev–Trinajstić information content (AvgIpc) is 2.53. The van der Waals surface area contributed by atoms with Gasteiger partial charge in [-0.25, -0.2) is 4.79 Å². The van der Waals surface area contributed by atoms with Gasteiger partial charge in [0.15, 0.2) is 0 Å². The zero-order valence-electron chi connectivity index (χ0n) is 16.9. The number of rotatable bonds is 8. The summed E-state index contributed by atoms with van der Waals surface area (Å²) in [6, 6.07) is 0.0169. The van der Waals surface area contributed by atoms with Gasteiger partial charge in [0.25, 0.3) is 11.9 Å². The van der Waals surface area contributed by atoms with Gasteiger partial charge in [-0.15, -0.1) is 0 Å². The summed E-state index contributed by atoms with van der Waals surface area (Å²) in [6.45, 7) is 13.8. The third-order valence-corrected chi connectivity index (χ3v) is 1.77. The van der Waals surface area contributed by atoms with Gasteiger partial charge in [-0.1, -0.05) is 20.8 Å². The van der Waals surface area contributed by atoms with E-state index >= 15 is 0 Å². The van der Waals surface area contributed by atoms with Crippen molar-refractivity contribution in [3.63, 3.8) is 0 Å². The summed E-state index contributed by atoms with van der Waals surface area (Å²) in [5, 5.41) is 23.7. The Morgan fingerprint density at radius 3 is 1.77 bits per heavy atom. The molecule has 0 unspecified atom stereocenters. The third kappa shape index (κ3) is 37.6. The van der Waals surface area contributed by atoms with E-state index in [4.69, 9.17) is 15.0 Å². The van der Waals surface area contributed by atoms with Gasteiger partial charge in [0.05, 0.1) is 6.08 Å². The topological polar surface area (TPSA) is 145 Å². The summed E-state index contributed by atoms with van der Waals surface area (Å²) < 4.78 is 0. The lowest BCUT2D eigenvalue weighted by Crippen LogP contribution is -2.35. The van der Waals surface area contributed by atoms with E-state index in [-0.39, 0.29) is 11.7 Å². The van der Waals surface area contributed by atoms with Crippen LogP contribution < -0.4 is 16.0 Å². The number of likely N-dealkylation sites (N-methyl/N-ethyl adjacent to an activating group) is 1. The smallest absolute Gasteiger partial charge is 0.330 e. The van der Waals surface area contributed by atoms with Crippen LogP contribution in [0, 0.1) is 0 Å². The summed E-state index contributed by atoms with van der Waals surface area (Å²) in [6.07, 6.45) is 2.59. The molecule has 2 amide bonds. The molecule has 0 rings (SSSR count). The SMILES string of the molecule is CC.CC(=O)O.CCCNC=O.CCNC(=O)/C(=C\C(=O)O)NC(C)C. The molecule has 5 N–H and O–H groups in total. The molecule has 0 saturated carbocycles. The van der Waals surface area contributed by atoms with Crippen molar-refractivity contribution in [2.45, 2.75) is 60.9 Å². The fourth-order valence-electron chi connectivity index (χ4n) is 1.07. The molecule has 26 heavy (non-hydrogen) atoms. The Hall–Kier alpha value is -2.58. The van der Waals surface area contributed by atoms with Crippen LogP contribution in [0.25, 0.3) is 0 Å². The number of carboxylic acid groups (broad SMARTS) is 2. The first-order valence-electron chi connectivity index (χ1n) is 8.48. The molecule has 0 aromatic carbocycles. The number of hydrogen-bond acceptors (Lipinski definition) is 5. The van der Waals surface area contributed by atoms with Gasteiger partial charge in [0.1, 0.15) is 5.70 Å². The Morgan fingerprint density at radius 1 is 1.08 bits per heavy atom. The van der Waals surface area contributed by atoms with Crippen molar-refractivity contribution in [3.05, 3.63) is 11.8 Å². The first kappa shape index (κ1) is 31.2. The fraction of sp³-hybridized carbons (Fsp3) is 0.647. The van der Waals surface area contributed by atoms with Crippen LogP contribution in [0.5, 0.6) is 0 Å². The molecule has 0 heterocycles. The fourth-order valence-corrected chi connectivity index (χ4v) is 1.07. The van der Waals surface area contributed by atoms with E-state index in [2.05, 4.69) is 16.0 Å². The van der Waals surface area contributed by atoms with Gasteiger partial charge in [-0.3, -0.25) is 14.4 Å². The summed E-state index contributed by atoms with van der Waals surface area (Å²) in [5.74, 6) is -2.37. The second-order valence-electron chi connectivity index (χ2n) is 4.65. The van der Waals surface area contributed by atoms with Gasteiger partial charge in [-0.2, -0.15) is 0 Å². The first-order chi connectivity index (χ1) is 12.1. The number of carbonyl (C=O) groups is 4. The molecular formula is C17H35N3O6. The monoisotopic (exact) mass is 377 g/mol. The van der Waals surface area contributed by atoms with Crippen LogP contribution in [0.3, 0.4) is 0 Å². The molecule has 0 aromatic heterocycles. The van der Waals surface area contributed by atoms with Gasteiger partial charge in [0.2, 0.25) is 6.41 Å². The molecule has 9 heteroatoms. The highest BCUT2D eigenvalue weighted by atomic mass is 16.4. The number of carboxylic acids is 2. The van der Waals surface area contributed by atoms with E-state index in [1.807, 2.05) is 34.6 Å². The molecule has 9 nitrogen and oxygen atoms in total. The summed E-state index contributed by atoms with van der Waals surface area (Å²) >= 11 is 0. The summed E-state index contributed by atoms with van der Waals surface area (Å²) in [7, 11) is 0. The van der Waals surface area contributed by atoms with Crippen molar-refractivity contribution in [3.8, 4) is 0 Å². The molecule has 0 bridgehead atoms. The van der Waals surface area contributed by atoms with Crippen LogP contribution in [-0.2, 0) is 19.2 Å². The maximum atomic E-state index is 11.3. The van der Waals surface area contributed by atoms with Gasteiger partial charge >= 0.3 is 5.97 Å². The number of aliphatic carboxylic acids is 2. The highest BCUT2D eigenvalue weighted by molar-refractivity contribution is 5.98. The van der Waals surface area contributed by atoms with Crippen molar-refractivity contribution in [1.82, 2.24) is 16.0 Å². The van der Waals surface area contributed by atoms with Gasteiger partial charge in [-0.05, 0) is 27.2 Å². The molecule has 0 aliphatic heterocycles. The van der Waals surface area contributed by atoms with E-state index in [0.29, 0.717) is 13.0 Å². The first-order valence-corrected chi connectivity index (χ1v) is 8.48. The van der Waals surface area contributed by atoms with E-state index in [1.54, 1.807) is 6.92 Å². The van der Waals surface area contributed by atoms with Gasteiger partial charge in [0, 0.05) is 26.1 Å². The second kappa shape index (κ2) is 24.7. The number of amides is 2. The lowest BCUT2D eigenvalue weighted by molar-refractivity contribution is -0.134. The number of carbonyl (C=O) groups excluding carboxylic acids is 2. The normalized spacial score (nSPS) is 9.00. The molecule has 154 valence electrons. The number of hydrogen-bond donors (Lipinski definition) is 5. The maximum absolute atomic E-state index is 11.3. The Balaban J connectivity index is -0.000000166. The van der Waals surface area contributed by atoms with Crippen molar-refractivity contribution in [2.24, 2.45) is 0 Å². The van der Waals surface area contributed by atoms with Crippen LogP contribution in [0.15, 0.2) is 11.8 Å². The van der Waals surface area contributed by atoms with Crippen LogP contribution in [-0.4, -0.2) is 53.6 Å². The van der Waals surface area contributed by atoms with E-state index in [1.165, 1.54) is 0 Å². The zero-order valence-corrected chi connectivity index (χ0v) is 16.9. The van der Waals surface area contributed by atoms with Crippen LogP contribution in [0.2, 0.25) is 0 Å². The van der Waals surface area contributed by atoms with E-state index in [0.717, 1.165) is 26.0 Å². The number of nitrogens with one attached hydrogen (secondary N) is 3. The Kier molecular flexibility index (Phi) is 29.6. The molecule has 0 atom stereocenters. The van der Waals surface area contributed by atoms with Crippen molar-refractivity contribution in [1.29, 1.82) is 0 Å². The Bertz CT molecular complexity index is 405. The van der Waals surface area contributed by atoms with Crippen molar-refractivity contribution in [2.75, 3.05) is 13.1 Å². The molecular weight excluding hydrogens is 342 g/mol. The predicted molar refractivity (Wildman–Crippen MR) is 102 cm³/mol. The molecule has 0 aliphatic rings. The standard InChI is InChI=1S/C9H16N2O3.C4H9NO.C2H4O2.C2H6/c1-4-10-9(14)7(5-8(12)13)11-6(2)3;1-2-3-5-4-6;1-2(3)4;1-2/h5-6,11H,4H2,1-3H3,(H,10,14)(H,12,13);4H,2-3H2,1H3,(H,5,6);1H3,(H,3,4);1-2H3/b7-5+;;;. The minimum atomic E-state index is -1.14. The van der Waals surface area contributed by atoms with Gasteiger partial charge < -0.3 is 26.2 Å². The predicted octanol–water partition coefficient (Wildman–Crippen LogP) is 1.35. The highest BCUT2D eigenvalue weighted by Crippen LogP contribution is 1.93. The molecule has 0 saturated heterocycles. The largest absolute Gasteiger partial charge is 0.481 e. The quantitative estimate of drug-likeness (QED) is 0.244. The maximum Gasteiger partial charge on any atom is 0.330 e. The summed E-state index contributed by atoms with van der Waals surface area (Å²) in [5.41, 5.74) is 0.0781. The van der Waals surface area contributed by atoms with Crippen molar-refractivity contribution >= 4 is 24.3 Å². The Morgan fingerprint density at radius 2 is 1.54 bits per heavy atom. The highest BCUT2D eigenvalue weighted by Gasteiger charge is 2.10. The third-order valence-electron chi connectivity index (χ3n) is 1.77. The lowest BCUT2D eigenvalue weighted by Gasteiger charge is -2.12. The molecule has 0 aliphatic carbocycles. The zero-order chi connectivity index (χ0) is 21.5. The molecule has 0 fully saturated rings. The molecule has 0 spiro atoms. The summed E-state index contributed by atoms with van der Waals surface area (Å²) in [4.78, 5) is 40.2. The minimum absolute atomic E-state index is 0.0169. The average molecular weight is 377 g/mol. The van der Waals surface area contributed by atoms with E-state index in [9.17, 15) is 14.4 Å². The van der Waals surface area contributed by atoms with Crippen LogP contribution in [0.4, 0.5) is 0 Å². The van der Waals surface area contributed by atoms with E-state index < -0.39 is 17.8 Å². The lowest BCUT2D eigenvalue weighted by atomic mass is 10.3.